The van der Waals surface area contributed by atoms with Crippen molar-refractivity contribution < 1.29 is 35.3 Å². The van der Waals surface area contributed by atoms with Gasteiger partial charge in [0.15, 0.2) is 44.7 Å². The van der Waals surface area contributed by atoms with Crippen LogP contribution in [0.15, 0.2) is 278 Å². The van der Waals surface area contributed by atoms with Gasteiger partial charge in [0.25, 0.3) is 0 Å². The van der Waals surface area contributed by atoms with E-state index in [2.05, 4.69) is 179 Å². The first kappa shape index (κ1) is 46.3. The number of aromatic nitrogens is 2. The van der Waals surface area contributed by atoms with E-state index in [9.17, 15) is 0 Å². The molecule has 0 aliphatic rings. The zero-order valence-electron chi connectivity index (χ0n) is 46.3. The number of para-hydroxylation sites is 8. The van der Waals surface area contributed by atoms with E-state index in [-0.39, 0.29) is 0 Å². The maximum Gasteiger partial charge on any atom is 0.200 e. The fourth-order valence-electron chi connectivity index (χ4n) is 14.3. The molecule has 10 heteroatoms. The van der Waals surface area contributed by atoms with Gasteiger partial charge in [-0.2, -0.15) is 0 Å². The number of nitrogens with zero attached hydrogens (tertiary/aromatic N) is 2. The van der Waals surface area contributed by atoms with E-state index in [0.29, 0.717) is 55.7 Å². The molecule has 0 aliphatic heterocycles. The molecule has 0 spiro atoms. The highest BCUT2D eigenvalue weighted by Crippen LogP contribution is 2.48. The molecule has 0 amide bonds. The average Bonchev–Trinajstić information content (AvgIpc) is 1.04. The third kappa shape index (κ3) is 6.18. The lowest BCUT2D eigenvalue weighted by Gasteiger charge is -2.19. The third-order valence-corrected chi connectivity index (χ3v) is 18.2. The summed E-state index contributed by atoms with van der Waals surface area (Å²) in [5.74, 6) is 0. The zero-order chi connectivity index (χ0) is 57.0. The van der Waals surface area contributed by atoms with Crippen LogP contribution in [0.2, 0.25) is 0 Å². The Morgan fingerprint density at radius 3 is 0.670 bits per heavy atom. The Bertz CT molecular complexity index is 5910. The molecule has 21 rings (SSSR count). The molecule has 0 atom stereocenters. The lowest BCUT2D eigenvalue weighted by Crippen LogP contribution is -2.02. The first-order valence-electron chi connectivity index (χ1n) is 29.3. The number of fused-ring (bicyclic) bond motifs is 22. The minimum atomic E-state index is 0.461. The van der Waals surface area contributed by atoms with E-state index in [4.69, 9.17) is 35.3 Å². The van der Waals surface area contributed by atoms with Gasteiger partial charge in [-0.25, -0.2) is 0 Å². The minimum Gasteiger partial charge on any atom is -0.455 e. The Morgan fingerprint density at radius 1 is 0.182 bits per heavy atom. The van der Waals surface area contributed by atoms with Crippen LogP contribution < -0.4 is 0 Å². The van der Waals surface area contributed by atoms with Crippen LogP contribution in [0.1, 0.15) is 0 Å². The fourth-order valence-corrected chi connectivity index (χ4v) is 14.3. The molecule has 0 radical (unpaired) electrons. The van der Waals surface area contributed by atoms with Crippen LogP contribution in [0.5, 0.6) is 0 Å². The van der Waals surface area contributed by atoms with Crippen LogP contribution in [0.4, 0.5) is 0 Å². The van der Waals surface area contributed by atoms with Crippen molar-refractivity contribution in [1.29, 1.82) is 0 Å². The molecule has 0 saturated carbocycles. The van der Waals surface area contributed by atoms with Crippen molar-refractivity contribution in [2.24, 2.45) is 0 Å². The molecule has 0 saturated heterocycles. The van der Waals surface area contributed by atoms with Crippen LogP contribution in [0.25, 0.3) is 210 Å². The highest BCUT2D eigenvalue weighted by Gasteiger charge is 2.29. The monoisotopic (exact) mass is 1130 g/mol. The Balaban J connectivity index is 0.902. The van der Waals surface area contributed by atoms with Crippen LogP contribution in [-0.4, -0.2) is 8.80 Å². The van der Waals surface area contributed by atoms with Gasteiger partial charge in [-0.05, 0) is 95.1 Å². The number of hydrogen-bond donors (Lipinski definition) is 0. The normalized spacial score (nSPS) is 12.5. The molecule has 0 bridgehead atoms. The summed E-state index contributed by atoms with van der Waals surface area (Å²) in [6, 6.07) is 83.4. The highest BCUT2D eigenvalue weighted by molar-refractivity contribution is 6.21. The minimum absolute atomic E-state index is 0.461. The van der Waals surface area contributed by atoms with Gasteiger partial charge < -0.3 is 35.3 Å². The molecular formula is C78H40N2O8. The van der Waals surface area contributed by atoms with E-state index in [1.165, 1.54) is 0 Å². The molecule has 13 aromatic carbocycles. The molecule has 88 heavy (non-hydrogen) atoms. The van der Waals surface area contributed by atoms with Gasteiger partial charge >= 0.3 is 0 Å². The summed E-state index contributed by atoms with van der Waals surface area (Å²) < 4.78 is 60.9. The molecular weight excluding hydrogens is 1090 g/mol. The predicted octanol–water partition coefficient (Wildman–Crippen LogP) is 22.9. The second-order valence-corrected chi connectivity index (χ2v) is 22.9. The van der Waals surface area contributed by atoms with Gasteiger partial charge in [0, 0.05) is 65.3 Å². The largest absolute Gasteiger partial charge is 0.455 e. The van der Waals surface area contributed by atoms with Crippen LogP contribution >= 0.6 is 0 Å². The van der Waals surface area contributed by atoms with Gasteiger partial charge in [0.05, 0.1) is 22.1 Å². The Hall–Kier alpha value is -12.1. The molecule has 0 fully saturated rings. The van der Waals surface area contributed by atoms with Crippen molar-refractivity contribution >= 4 is 166 Å². The number of benzene rings is 13. The Morgan fingerprint density at radius 2 is 0.409 bits per heavy atom. The van der Waals surface area contributed by atoms with Crippen molar-refractivity contribution in [3.63, 3.8) is 0 Å². The SMILES string of the molecule is c1ccc2c(c1)oc1c(-c3ccc4c(c3)oc3c5oc6cc(-c7cccc8c7oc7ccccc78)ccc6n6c7ccc(-c8cccc9c8oc8ccccc89)cc7oc(c7oc8cc(-c9cccc%10c9oc9ccccc9%10)ccc8n4c37)c56)cccc12. The smallest absolute Gasteiger partial charge is 0.200 e. The molecule has 0 aliphatic carbocycles. The first-order valence-corrected chi connectivity index (χ1v) is 29.3. The summed E-state index contributed by atoms with van der Waals surface area (Å²) in [5, 5.41) is 8.38. The fraction of sp³-hybridized carbons (Fsp3) is 0. The van der Waals surface area contributed by atoms with E-state index >= 15 is 0 Å². The summed E-state index contributed by atoms with van der Waals surface area (Å²) in [5.41, 5.74) is 22.7. The van der Waals surface area contributed by atoms with Crippen LogP contribution in [-0.2, 0) is 0 Å². The van der Waals surface area contributed by atoms with Crippen molar-refractivity contribution in [2.75, 3.05) is 0 Å². The number of furan rings is 4. The average molecular weight is 1130 g/mol. The quantitative estimate of drug-likeness (QED) is 0.126. The standard InChI is InChI=1S/C78H40N2O8/c1-5-25-61-49(13-1)53-21-9-17-45(71(53)81-61)41-29-33-57-65(37-41)85-75-69-77(87-66-38-42(30-34-58(66)79(57)69)46-18-10-22-54-50-14-2-6-26-62(50)82-72(46)54)78-70-76(75)86-67-39-43(47-19-11-23-55-51-15-3-7-27-63(51)83-73(47)55)31-35-59(67)80(70)60-36-32-44(40-68(60)88-78)48-20-12-24-56-52-16-4-8-28-64(52)84-74(48)56/h1-40H. The van der Waals surface area contributed by atoms with Crippen molar-refractivity contribution in [3.05, 3.63) is 243 Å². The summed E-state index contributed by atoms with van der Waals surface area (Å²) in [7, 11) is 0. The summed E-state index contributed by atoms with van der Waals surface area (Å²) in [6.45, 7) is 0. The first-order chi connectivity index (χ1) is 43.6. The molecule has 8 aromatic heterocycles. The molecule has 410 valence electrons. The third-order valence-electron chi connectivity index (χ3n) is 18.2. The molecule has 21 aromatic rings. The molecule has 0 N–H and O–H groups in total. The topological polar surface area (TPSA) is 114 Å². The lowest BCUT2D eigenvalue weighted by molar-refractivity contribution is 0.597. The highest BCUT2D eigenvalue weighted by atomic mass is 16.4. The van der Waals surface area contributed by atoms with Gasteiger partial charge in [-0.1, -0.05) is 170 Å². The van der Waals surface area contributed by atoms with Crippen molar-refractivity contribution in [3.8, 4) is 44.5 Å². The number of hydrogen-bond acceptors (Lipinski definition) is 8. The molecule has 10 nitrogen and oxygen atoms in total. The maximum absolute atomic E-state index is 7.47. The van der Waals surface area contributed by atoms with E-state index in [1.807, 2.05) is 72.8 Å². The van der Waals surface area contributed by atoms with E-state index < -0.39 is 0 Å². The Kier molecular flexibility index (Phi) is 8.84. The van der Waals surface area contributed by atoms with Crippen molar-refractivity contribution in [2.45, 2.75) is 0 Å². The lowest BCUT2D eigenvalue weighted by atomic mass is 10.0. The summed E-state index contributed by atoms with van der Waals surface area (Å²) in [4.78, 5) is 0. The maximum atomic E-state index is 7.47. The van der Waals surface area contributed by atoms with Gasteiger partial charge in [0.2, 0.25) is 0 Å². The van der Waals surface area contributed by atoms with E-state index in [1.54, 1.807) is 0 Å². The zero-order valence-corrected chi connectivity index (χ0v) is 46.3. The van der Waals surface area contributed by atoms with Crippen molar-refractivity contribution in [1.82, 2.24) is 8.80 Å². The van der Waals surface area contributed by atoms with Crippen LogP contribution in [0.3, 0.4) is 0 Å². The number of rotatable bonds is 4. The molecule has 8 heterocycles. The molecule has 0 unspecified atom stereocenters. The van der Waals surface area contributed by atoms with Gasteiger partial charge in [-0.15, -0.1) is 0 Å². The van der Waals surface area contributed by atoms with E-state index in [0.717, 1.165) is 154 Å². The second kappa shape index (κ2) is 16.8. The van der Waals surface area contributed by atoms with Crippen LogP contribution in [0, 0.1) is 0 Å². The Labute approximate surface area is 494 Å². The predicted molar refractivity (Wildman–Crippen MR) is 351 cm³/mol. The van der Waals surface area contributed by atoms with Gasteiger partial charge in [0.1, 0.15) is 55.7 Å². The van der Waals surface area contributed by atoms with Gasteiger partial charge in [-0.3, -0.25) is 8.80 Å². The second-order valence-electron chi connectivity index (χ2n) is 22.9. The summed E-state index contributed by atoms with van der Waals surface area (Å²) in [6.07, 6.45) is 0. The summed E-state index contributed by atoms with van der Waals surface area (Å²) >= 11 is 0.